The number of carbonyl (C=O) groups is 2. The Morgan fingerprint density at radius 3 is 2.29 bits per heavy atom. The van der Waals surface area contributed by atoms with Gasteiger partial charge in [-0.05, 0) is 61.2 Å². The number of rotatable bonds is 11. The Bertz CT molecular complexity index is 1480. The maximum Gasteiger partial charge on any atom is 0.264 e. The average molecular weight is 621 g/mol. The van der Waals surface area contributed by atoms with E-state index < -0.39 is 34.3 Å². The molecule has 41 heavy (non-hydrogen) atoms. The fourth-order valence-electron chi connectivity index (χ4n) is 5.01. The first-order valence-electron chi connectivity index (χ1n) is 13.5. The zero-order valence-electron chi connectivity index (χ0n) is 22.6. The minimum absolute atomic E-state index is 0.0148. The molecule has 1 aliphatic carbocycles. The van der Waals surface area contributed by atoms with Crippen LogP contribution in [0.4, 0.5) is 10.1 Å². The third-order valence-corrected chi connectivity index (χ3v) is 9.54. The van der Waals surface area contributed by atoms with E-state index in [1.165, 1.54) is 41.3 Å². The Balaban J connectivity index is 1.73. The first-order chi connectivity index (χ1) is 19.6. The Kier molecular flexibility index (Phi) is 10.3. The van der Waals surface area contributed by atoms with Crippen LogP contribution in [0.1, 0.15) is 44.6 Å². The number of halogens is 3. The summed E-state index contributed by atoms with van der Waals surface area (Å²) in [7, 11) is -4.36. The summed E-state index contributed by atoms with van der Waals surface area (Å²) >= 11 is 12.5. The van der Waals surface area contributed by atoms with Gasteiger partial charge >= 0.3 is 0 Å². The van der Waals surface area contributed by atoms with Crippen LogP contribution in [-0.4, -0.2) is 43.8 Å². The molecule has 0 aromatic heterocycles. The topological polar surface area (TPSA) is 86.8 Å². The fourth-order valence-corrected chi connectivity index (χ4v) is 6.92. The van der Waals surface area contributed by atoms with Gasteiger partial charge in [0.1, 0.15) is 18.4 Å². The summed E-state index contributed by atoms with van der Waals surface area (Å²) < 4.78 is 43.3. The van der Waals surface area contributed by atoms with E-state index in [4.69, 9.17) is 23.2 Å². The summed E-state index contributed by atoms with van der Waals surface area (Å²) in [5.41, 5.74) is 0.248. The highest BCUT2D eigenvalue weighted by Crippen LogP contribution is 2.28. The molecule has 1 N–H and O–H groups in total. The zero-order chi connectivity index (χ0) is 29.6. The van der Waals surface area contributed by atoms with Crippen molar-refractivity contribution < 1.29 is 22.4 Å². The molecule has 4 rings (SSSR count). The first kappa shape index (κ1) is 30.8. The third kappa shape index (κ3) is 7.39. The average Bonchev–Trinajstić information content (AvgIpc) is 3.46. The number of hydrogen-bond donors (Lipinski definition) is 1. The van der Waals surface area contributed by atoms with E-state index in [2.05, 4.69) is 5.32 Å². The van der Waals surface area contributed by atoms with Crippen molar-refractivity contribution in [1.82, 2.24) is 10.2 Å². The predicted molar refractivity (Wildman–Crippen MR) is 159 cm³/mol. The Hall–Kier alpha value is -3.14. The molecule has 1 fully saturated rings. The highest BCUT2D eigenvalue weighted by Gasteiger charge is 2.35. The fraction of sp³-hybridized carbons (Fsp3) is 0.333. The van der Waals surface area contributed by atoms with Crippen LogP contribution < -0.4 is 9.62 Å². The number of nitrogens with zero attached hydrogens (tertiary/aromatic N) is 2. The van der Waals surface area contributed by atoms with Gasteiger partial charge in [-0.2, -0.15) is 0 Å². The number of sulfonamides is 1. The van der Waals surface area contributed by atoms with E-state index >= 15 is 4.39 Å². The molecule has 0 bridgehead atoms. The van der Waals surface area contributed by atoms with Crippen LogP contribution in [-0.2, 0) is 26.2 Å². The summed E-state index contributed by atoms with van der Waals surface area (Å²) in [5, 5.41) is 3.75. The molecule has 3 aromatic carbocycles. The van der Waals surface area contributed by atoms with E-state index in [-0.39, 0.29) is 35.5 Å². The van der Waals surface area contributed by atoms with E-state index in [1.54, 1.807) is 37.3 Å². The Morgan fingerprint density at radius 2 is 1.66 bits per heavy atom. The lowest BCUT2D eigenvalue weighted by molar-refractivity contribution is -0.140. The van der Waals surface area contributed by atoms with Crippen LogP contribution in [0.15, 0.2) is 77.7 Å². The summed E-state index contributed by atoms with van der Waals surface area (Å²) in [6.07, 6.45) is 4.01. The molecule has 1 atom stereocenters. The van der Waals surface area contributed by atoms with Gasteiger partial charge in [0.15, 0.2) is 0 Å². The van der Waals surface area contributed by atoms with Gasteiger partial charge in [-0.15, -0.1) is 0 Å². The minimum Gasteiger partial charge on any atom is -0.352 e. The maximum atomic E-state index is 15.0. The lowest BCUT2D eigenvalue weighted by Gasteiger charge is -2.34. The first-order valence-corrected chi connectivity index (χ1v) is 15.7. The maximum absolute atomic E-state index is 15.0. The number of nitrogens with one attached hydrogen (secondary N) is 1. The number of carbonyl (C=O) groups excluding carboxylic acids is 2. The number of hydrogen-bond acceptors (Lipinski definition) is 4. The summed E-state index contributed by atoms with van der Waals surface area (Å²) in [6.45, 7) is 0.955. The van der Waals surface area contributed by atoms with Gasteiger partial charge in [0, 0.05) is 22.6 Å². The second-order valence-electron chi connectivity index (χ2n) is 9.95. The molecule has 1 saturated carbocycles. The second-order valence-corrected chi connectivity index (χ2v) is 12.7. The van der Waals surface area contributed by atoms with Gasteiger partial charge in [0.25, 0.3) is 10.0 Å². The van der Waals surface area contributed by atoms with Crippen LogP contribution in [0.25, 0.3) is 0 Å². The van der Waals surface area contributed by atoms with Crippen LogP contribution in [0.5, 0.6) is 0 Å². The van der Waals surface area contributed by atoms with Crippen LogP contribution in [0, 0.1) is 5.82 Å². The van der Waals surface area contributed by atoms with Crippen molar-refractivity contribution in [2.24, 2.45) is 0 Å². The smallest absolute Gasteiger partial charge is 0.264 e. The van der Waals surface area contributed by atoms with Crippen molar-refractivity contribution in [3.8, 4) is 0 Å². The van der Waals surface area contributed by atoms with Gasteiger partial charge in [0.2, 0.25) is 11.8 Å². The molecule has 11 heteroatoms. The Morgan fingerprint density at radius 1 is 1.00 bits per heavy atom. The monoisotopic (exact) mass is 619 g/mol. The third-order valence-electron chi connectivity index (χ3n) is 7.17. The molecule has 0 aliphatic heterocycles. The molecule has 0 radical (unpaired) electrons. The van der Waals surface area contributed by atoms with E-state index in [9.17, 15) is 18.0 Å². The summed E-state index contributed by atoms with van der Waals surface area (Å²) in [5.74, 6) is -1.83. The summed E-state index contributed by atoms with van der Waals surface area (Å²) in [6, 6.07) is 16.8. The highest BCUT2D eigenvalue weighted by molar-refractivity contribution is 7.92. The van der Waals surface area contributed by atoms with Gasteiger partial charge in [-0.25, -0.2) is 12.8 Å². The van der Waals surface area contributed by atoms with Crippen LogP contribution in [0.3, 0.4) is 0 Å². The quantitative estimate of drug-likeness (QED) is 0.277. The number of benzene rings is 3. The molecule has 7 nitrogen and oxygen atoms in total. The van der Waals surface area contributed by atoms with Gasteiger partial charge < -0.3 is 10.2 Å². The standard InChI is InChI=1S/C30H32Cl2FN3O4S/c1-2-27(30(38)34-23-10-6-7-11-23)35(19-21-16-17-22(31)18-25(21)32)29(37)20-36(28-15-9-8-14-26(28)33)41(39,40)24-12-4-3-5-13-24/h3-5,8-9,12-18,23,27H,2,6-7,10-11,19-20H2,1H3,(H,34,38). The van der Waals surface area contributed by atoms with Gasteiger partial charge in [0.05, 0.1) is 10.6 Å². The van der Waals surface area contributed by atoms with Gasteiger partial charge in [-0.1, -0.05) is 79.4 Å². The molecule has 0 heterocycles. The van der Waals surface area contributed by atoms with Crippen molar-refractivity contribution >= 4 is 50.7 Å². The minimum atomic E-state index is -4.36. The zero-order valence-corrected chi connectivity index (χ0v) is 24.9. The second kappa shape index (κ2) is 13.7. The highest BCUT2D eigenvalue weighted by atomic mass is 35.5. The van der Waals surface area contributed by atoms with Crippen molar-refractivity contribution in [3.63, 3.8) is 0 Å². The predicted octanol–water partition coefficient (Wildman–Crippen LogP) is 6.19. The molecule has 2 amide bonds. The molecule has 1 unspecified atom stereocenters. The number of amides is 2. The normalized spacial score (nSPS) is 14.4. The van der Waals surface area contributed by atoms with Gasteiger partial charge in [-0.3, -0.25) is 13.9 Å². The van der Waals surface area contributed by atoms with Crippen LogP contribution in [0.2, 0.25) is 10.0 Å². The van der Waals surface area contributed by atoms with Crippen molar-refractivity contribution in [2.75, 3.05) is 10.8 Å². The van der Waals surface area contributed by atoms with Crippen molar-refractivity contribution in [3.05, 3.63) is 94.2 Å². The molecular formula is C30H32Cl2FN3O4S. The van der Waals surface area contributed by atoms with E-state index in [0.717, 1.165) is 36.1 Å². The molecule has 3 aromatic rings. The molecule has 1 aliphatic rings. The van der Waals surface area contributed by atoms with Crippen molar-refractivity contribution in [1.29, 1.82) is 0 Å². The number of anilines is 1. The summed E-state index contributed by atoms with van der Waals surface area (Å²) in [4.78, 5) is 28.8. The molecule has 218 valence electrons. The lowest BCUT2D eigenvalue weighted by Crippen LogP contribution is -2.53. The lowest BCUT2D eigenvalue weighted by atomic mass is 10.1. The van der Waals surface area contributed by atoms with Crippen molar-refractivity contribution in [2.45, 2.75) is 62.6 Å². The van der Waals surface area contributed by atoms with Crippen LogP contribution >= 0.6 is 23.2 Å². The molecule has 0 saturated heterocycles. The SMILES string of the molecule is CCC(C(=O)NC1CCCC1)N(Cc1ccc(Cl)cc1Cl)C(=O)CN(c1ccccc1F)S(=O)(=O)c1ccccc1. The molecular weight excluding hydrogens is 588 g/mol. The van der Waals surface area contributed by atoms with E-state index in [1.807, 2.05) is 0 Å². The van der Waals surface area contributed by atoms with E-state index in [0.29, 0.717) is 15.6 Å². The molecule has 0 spiro atoms. The number of para-hydroxylation sites is 1. The Labute approximate surface area is 250 Å². The largest absolute Gasteiger partial charge is 0.352 e.